The molecule has 0 aromatic heterocycles. The molecule has 1 atom stereocenters. The van der Waals surface area contributed by atoms with Gasteiger partial charge < -0.3 is 9.47 Å². The Bertz CT molecular complexity index is 341. The fourth-order valence-corrected chi connectivity index (χ4v) is 3.26. The van der Waals surface area contributed by atoms with E-state index in [4.69, 9.17) is 9.47 Å². The number of ether oxygens (including phenoxy) is 2. The molecule has 4 heteroatoms. The van der Waals surface area contributed by atoms with Crippen molar-refractivity contribution in [2.75, 3.05) is 13.2 Å². The first-order valence-electron chi connectivity index (χ1n) is 10.9. The van der Waals surface area contributed by atoms with Crippen LogP contribution < -0.4 is 0 Å². The number of carbonyl (C=O) groups is 2. The second kappa shape index (κ2) is 18.7. The standard InChI is InChI=1S/C22H42O4/c1-4-20(19-22(24)26-6-3)17-15-13-11-9-7-8-10-12-14-16-18-21(23)25-5-2/h20H,4-19H2,1-3H3. The number of esters is 2. The topological polar surface area (TPSA) is 52.6 Å². The molecule has 0 saturated heterocycles. The Kier molecular flexibility index (Phi) is 18.0. The molecule has 0 aliphatic carbocycles. The molecule has 0 N–H and O–H groups in total. The third-order valence-electron chi connectivity index (χ3n) is 4.89. The van der Waals surface area contributed by atoms with Gasteiger partial charge in [-0.2, -0.15) is 0 Å². The minimum Gasteiger partial charge on any atom is -0.466 e. The van der Waals surface area contributed by atoms with Crippen molar-refractivity contribution in [1.82, 2.24) is 0 Å². The van der Waals surface area contributed by atoms with Crippen molar-refractivity contribution in [3.63, 3.8) is 0 Å². The van der Waals surface area contributed by atoms with E-state index >= 15 is 0 Å². The maximum Gasteiger partial charge on any atom is 0.306 e. The van der Waals surface area contributed by atoms with Crippen LogP contribution in [0.4, 0.5) is 0 Å². The van der Waals surface area contributed by atoms with E-state index in [-0.39, 0.29) is 11.9 Å². The number of rotatable bonds is 18. The predicted octanol–water partition coefficient (Wildman–Crippen LogP) is 6.21. The lowest BCUT2D eigenvalue weighted by atomic mass is 9.95. The first-order chi connectivity index (χ1) is 12.6. The molecule has 4 nitrogen and oxygen atoms in total. The van der Waals surface area contributed by atoms with Gasteiger partial charge in [0.25, 0.3) is 0 Å². The molecular weight excluding hydrogens is 328 g/mol. The van der Waals surface area contributed by atoms with Crippen LogP contribution in [-0.4, -0.2) is 25.2 Å². The van der Waals surface area contributed by atoms with Gasteiger partial charge in [-0.05, 0) is 32.6 Å². The monoisotopic (exact) mass is 370 g/mol. The molecule has 0 aromatic rings. The Morgan fingerprint density at radius 1 is 0.654 bits per heavy atom. The zero-order valence-electron chi connectivity index (χ0n) is 17.5. The summed E-state index contributed by atoms with van der Waals surface area (Å²) in [5, 5.41) is 0. The second-order valence-corrected chi connectivity index (χ2v) is 7.16. The van der Waals surface area contributed by atoms with Crippen LogP contribution in [0.15, 0.2) is 0 Å². The molecule has 0 aliphatic heterocycles. The molecule has 0 aromatic carbocycles. The van der Waals surface area contributed by atoms with Gasteiger partial charge in [0.1, 0.15) is 0 Å². The summed E-state index contributed by atoms with van der Waals surface area (Å²) in [6.07, 6.45) is 15.7. The first kappa shape index (κ1) is 24.9. The molecule has 0 heterocycles. The van der Waals surface area contributed by atoms with E-state index in [0.717, 1.165) is 25.7 Å². The lowest BCUT2D eigenvalue weighted by molar-refractivity contribution is -0.144. The summed E-state index contributed by atoms with van der Waals surface area (Å²) in [6.45, 7) is 6.85. The normalized spacial score (nSPS) is 12.0. The number of hydrogen-bond donors (Lipinski definition) is 0. The summed E-state index contributed by atoms with van der Waals surface area (Å²) < 4.78 is 9.97. The number of carbonyl (C=O) groups excluding carboxylic acids is 2. The molecule has 0 bridgehead atoms. The molecular formula is C22H42O4. The molecule has 0 amide bonds. The summed E-state index contributed by atoms with van der Waals surface area (Å²) in [7, 11) is 0. The van der Waals surface area contributed by atoms with Crippen LogP contribution in [0.1, 0.15) is 111 Å². The summed E-state index contributed by atoms with van der Waals surface area (Å²) in [4.78, 5) is 22.7. The quantitative estimate of drug-likeness (QED) is 0.212. The van der Waals surface area contributed by atoms with Crippen molar-refractivity contribution in [2.24, 2.45) is 5.92 Å². The molecule has 0 aliphatic rings. The van der Waals surface area contributed by atoms with Gasteiger partial charge in [-0.15, -0.1) is 0 Å². The Morgan fingerprint density at radius 3 is 1.62 bits per heavy atom. The van der Waals surface area contributed by atoms with E-state index in [1.54, 1.807) is 0 Å². The third-order valence-corrected chi connectivity index (χ3v) is 4.89. The molecule has 1 unspecified atom stereocenters. The van der Waals surface area contributed by atoms with Crippen molar-refractivity contribution < 1.29 is 19.1 Å². The molecule has 0 fully saturated rings. The molecule has 0 spiro atoms. The van der Waals surface area contributed by atoms with E-state index in [2.05, 4.69) is 6.92 Å². The predicted molar refractivity (Wildman–Crippen MR) is 107 cm³/mol. The van der Waals surface area contributed by atoms with E-state index < -0.39 is 0 Å². The molecule has 0 saturated carbocycles. The highest BCUT2D eigenvalue weighted by Crippen LogP contribution is 2.19. The summed E-state index contributed by atoms with van der Waals surface area (Å²) in [5.74, 6) is 0.394. The average molecular weight is 371 g/mol. The second-order valence-electron chi connectivity index (χ2n) is 7.16. The van der Waals surface area contributed by atoms with Gasteiger partial charge in [-0.3, -0.25) is 9.59 Å². The first-order valence-corrected chi connectivity index (χ1v) is 10.9. The van der Waals surface area contributed by atoms with Crippen LogP contribution in [-0.2, 0) is 19.1 Å². The van der Waals surface area contributed by atoms with Crippen molar-refractivity contribution in [3.8, 4) is 0 Å². The van der Waals surface area contributed by atoms with Crippen molar-refractivity contribution in [2.45, 2.75) is 111 Å². The summed E-state index contributed by atoms with van der Waals surface area (Å²) in [5.41, 5.74) is 0. The van der Waals surface area contributed by atoms with Crippen LogP contribution in [0.5, 0.6) is 0 Å². The molecule has 0 rings (SSSR count). The summed E-state index contributed by atoms with van der Waals surface area (Å²) in [6, 6.07) is 0. The van der Waals surface area contributed by atoms with Crippen LogP contribution in [0, 0.1) is 5.92 Å². The molecule has 26 heavy (non-hydrogen) atoms. The van der Waals surface area contributed by atoms with E-state index in [1.807, 2.05) is 13.8 Å². The van der Waals surface area contributed by atoms with Crippen LogP contribution >= 0.6 is 0 Å². The number of hydrogen-bond acceptors (Lipinski definition) is 4. The Labute approximate surface area is 161 Å². The fraction of sp³-hybridized carbons (Fsp3) is 0.909. The van der Waals surface area contributed by atoms with E-state index in [1.165, 1.54) is 51.4 Å². The van der Waals surface area contributed by atoms with Gasteiger partial charge in [-0.1, -0.05) is 71.1 Å². The van der Waals surface area contributed by atoms with Gasteiger partial charge in [0.15, 0.2) is 0 Å². The third kappa shape index (κ3) is 16.4. The van der Waals surface area contributed by atoms with E-state index in [9.17, 15) is 9.59 Å². The van der Waals surface area contributed by atoms with Gasteiger partial charge in [0.05, 0.1) is 13.2 Å². The van der Waals surface area contributed by atoms with Gasteiger partial charge in [-0.25, -0.2) is 0 Å². The zero-order chi connectivity index (χ0) is 19.5. The lowest BCUT2D eigenvalue weighted by Gasteiger charge is -2.13. The minimum absolute atomic E-state index is 0.0402. The lowest BCUT2D eigenvalue weighted by Crippen LogP contribution is -2.11. The maximum atomic E-state index is 11.5. The Hall–Kier alpha value is -1.06. The molecule has 154 valence electrons. The molecule has 0 radical (unpaired) electrons. The Balaban J connectivity index is 3.35. The Morgan fingerprint density at radius 2 is 1.12 bits per heavy atom. The van der Waals surface area contributed by atoms with Gasteiger partial charge in [0.2, 0.25) is 0 Å². The van der Waals surface area contributed by atoms with Crippen LogP contribution in [0.3, 0.4) is 0 Å². The highest BCUT2D eigenvalue weighted by molar-refractivity contribution is 5.69. The number of unbranched alkanes of at least 4 members (excludes halogenated alkanes) is 9. The average Bonchev–Trinajstić information content (AvgIpc) is 2.62. The SMILES string of the molecule is CCOC(=O)CCCCCCCCCCCCC(CC)CC(=O)OCC. The van der Waals surface area contributed by atoms with Crippen molar-refractivity contribution in [3.05, 3.63) is 0 Å². The maximum absolute atomic E-state index is 11.5. The minimum atomic E-state index is -0.0555. The highest BCUT2D eigenvalue weighted by Gasteiger charge is 2.12. The summed E-state index contributed by atoms with van der Waals surface area (Å²) >= 11 is 0. The smallest absolute Gasteiger partial charge is 0.306 e. The zero-order valence-corrected chi connectivity index (χ0v) is 17.5. The van der Waals surface area contributed by atoms with Crippen molar-refractivity contribution in [1.29, 1.82) is 0 Å². The van der Waals surface area contributed by atoms with Gasteiger partial charge >= 0.3 is 11.9 Å². The van der Waals surface area contributed by atoms with Gasteiger partial charge in [0, 0.05) is 12.8 Å². The fourth-order valence-electron chi connectivity index (χ4n) is 3.26. The van der Waals surface area contributed by atoms with Crippen molar-refractivity contribution >= 4 is 11.9 Å². The van der Waals surface area contributed by atoms with Crippen LogP contribution in [0.2, 0.25) is 0 Å². The van der Waals surface area contributed by atoms with Crippen LogP contribution in [0.25, 0.3) is 0 Å². The largest absolute Gasteiger partial charge is 0.466 e. The van der Waals surface area contributed by atoms with E-state index in [0.29, 0.717) is 32.0 Å². The highest BCUT2D eigenvalue weighted by atomic mass is 16.5.